The standard InChI is InChI=1S/C34H42N2O4/c1-21(2)19-36(30(38)14-9-22-7-5-4-6-8-22)26-12-11-25-27-17-23-10-13-29(39-3)32-31(23)34(25,33(26)40-32)15-16-35(27)20-24-18-28(24)37/h4-10,13-14,21,24-28,33,37H,11-12,15-20H2,1-3H3/t24?,25-,26-,27+,28?,33-,34-/m0/s1. The zero-order chi connectivity index (χ0) is 27.6. The van der Waals surface area contributed by atoms with Gasteiger partial charge in [-0.2, -0.15) is 0 Å². The number of benzene rings is 2. The van der Waals surface area contributed by atoms with Crippen molar-refractivity contribution in [2.75, 3.05) is 26.7 Å². The highest BCUT2D eigenvalue weighted by Gasteiger charge is 2.67. The van der Waals surface area contributed by atoms with Crippen LogP contribution in [0.3, 0.4) is 0 Å². The van der Waals surface area contributed by atoms with E-state index in [1.807, 2.05) is 36.4 Å². The third-order valence-corrected chi connectivity index (χ3v) is 10.4. The summed E-state index contributed by atoms with van der Waals surface area (Å²) < 4.78 is 12.9. The highest BCUT2D eigenvalue weighted by atomic mass is 16.5. The Kier molecular flexibility index (Phi) is 6.47. The second kappa shape index (κ2) is 9.92. The van der Waals surface area contributed by atoms with Gasteiger partial charge in [0.2, 0.25) is 5.91 Å². The maximum absolute atomic E-state index is 13.9. The summed E-state index contributed by atoms with van der Waals surface area (Å²) in [7, 11) is 1.73. The first-order valence-electron chi connectivity index (χ1n) is 15.2. The van der Waals surface area contributed by atoms with Gasteiger partial charge in [-0.15, -0.1) is 0 Å². The minimum absolute atomic E-state index is 0.00656. The van der Waals surface area contributed by atoms with Crippen molar-refractivity contribution in [2.45, 2.75) is 75.7 Å². The molecule has 2 unspecified atom stereocenters. The molecule has 3 fully saturated rings. The molecule has 0 aromatic heterocycles. The van der Waals surface area contributed by atoms with Crippen LogP contribution in [0, 0.1) is 17.8 Å². The summed E-state index contributed by atoms with van der Waals surface area (Å²) in [6, 6.07) is 14.8. The molecular formula is C34H42N2O4. The molecule has 6 heteroatoms. The van der Waals surface area contributed by atoms with Crippen molar-refractivity contribution in [3.63, 3.8) is 0 Å². The average Bonchev–Trinajstić information content (AvgIpc) is 3.54. The molecule has 2 aliphatic heterocycles. The number of nitrogens with zero attached hydrogens (tertiary/aromatic N) is 2. The van der Waals surface area contributed by atoms with Crippen molar-refractivity contribution in [1.82, 2.24) is 9.80 Å². The number of aliphatic hydroxyl groups excluding tert-OH is 1. The van der Waals surface area contributed by atoms with Crippen LogP contribution in [-0.2, 0) is 16.6 Å². The van der Waals surface area contributed by atoms with Crippen LogP contribution < -0.4 is 9.47 Å². The van der Waals surface area contributed by atoms with Crippen molar-refractivity contribution >= 4 is 12.0 Å². The normalized spacial score (nSPS) is 33.5. The summed E-state index contributed by atoms with van der Waals surface area (Å²) in [5.74, 6) is 3.05. The van der Waals surface area contributed by atoms with E-state index >= 15 is 0 Å². The molecule has 2 bridgehead atoms. The Bertz CT molecular complexity index is 1310. The zero-order valence-electron chi connectivity index (χ0n) is 24.0. The number of carbonyl (C=O) groups excluding carboxylic acids is 1. The van der Waals surface area contributed by atoms with Crippen molar-refractivity contribution in [1.29, 1.82) is 0 Å². The van der Waals surface area contributed by atoms with Gasteiger partial charge in [0.1, 0.15) is 6.10 Å². The highest BCUT2D eigenvalue weighted by Crippen LogP contribution is 2.64. The van der Waals surface area contributed by atoms with E-state index in [0.29, 0.717) is 30.3 Å². The molecule has 2 heterocycles. The van der Waals surface area contributed by atoms with Crippen molar-refractivity contribution in [3.05, 3.63) is 65.2 Å². The molecular weight excluding hydrogens is 500 g/mol. The number of piperidine rings is 1. The molecule has 6 nitrogen and oxygen atoms in total. The molecule has 7 rings (SSSR count). The van der Waals surface area contributed by atoms with Gasteiger partial charge >= 0.3 is 0 Å². The van der Waals surface area contributed by atoms with E-state index in [1.165, 1.54) is 11.1 Å². The number of carbonyl (C=O) groups is 1. The second-order valence-corrected chi connectivity index (χ2v) is 13.2. The Hall–Kier alpha value is -2.83. The molecule has 212 valence electrons. The first kappa shape index (κ1) is 26.1. The number of hydrogen-bond donors (Lipinski definition) is 1. The largest absolute Gasteiger partial charge is 0.493 e. The lowest BCUT2D eigenvalue weighted by Crippen LogP contribution is -2.69. The van der Waals surface area contributed by atoms with Crippen molar-refractivity contribution < 1.29 is 19.4 Å². The van der Waals surface area contributed by atoms with E-state index in [4.69, 9.17) is 9.47 Å². The van der Waals surface area contributed by atoms with Crippen LogP contribution in [-0.4, -0.2) is 71.8 Å². The molecule has 3 aliphatic carbocycles. The van der Waals surface area contributed by atoms with Crippen LogP contribution in [0.15, 0.2) is 48.5 Å². The summed E-state index contributed by atoms with van der Waals surface area (Å²) in [5, 5.41) is 10.1. The molecule has 7 atom stereocenters. The fourth-order valence-corrected chi connectivity index (χ4v) is 8.63. The number of ether oxygens (including phenoxy) is 2. The fourth-order valence-electron chi connectivity index (χ4n) is 8.63. The predicted molar refractivity (Wildman–Crippen MR) is 155 cm³/mol. The lowest BCUT2D eigenvalue weighted by atomic mass is 9.51. The van der Waals surface area contributed by atoms with Gasteiger partial charge in [0.15, 0.2) is 11.5 Å². The Morgan fingerprint density at radius 3 is 2.75 bits per heavy atom. The van der Waals surface area contributed by atoms with E-state index in [2.05, 4.69) is 35.8 Å². The van der Waals surface area contributed by atoms with E-state index in [9.17, 15) is 9.90 Å². The van der Waals surface area contributed by atoms with Crippen molar-refractivity contribution in [2.24, 2.45) is 17.8 Å². The second-order valence-electron chi connectivity index (χ2n) is 13.2. The Balaban J connectivity index is 1.26. The minimum Gasteiger partial charge on any atom is -0.493 e. The van der Waals surface area contributed by atoms with Gasteiger partial charge in [0.25, 0.3) is 0 Å². The smallest absolute Gasteiger partial charge is 0.246 e. The maximum atomic E-state index is 13.9. The Morgan fingerprint density at radius 2 is 2.02 bits per heavy atom. The lowest BCUT2D eigenvalue weighted by molar-refractivity contribution is -0.138. The number of aliphatic hydroxyl groups is 1. The first-order valence-corrected chi connectivity index (χ1v) is 15.2. The lowest BCUT2D eigenvalue weighted by Gasteiger charge is -2.60. The van der Waals surface area contributed by atoms with Crippen LogP contribution in [0.5, 0.6) is 11.5 Å². The topological polar surface area (TPSA) is 62.2 Å². The third-order valence-electron chi connectivity index (χ3n) is 10.4. The van der Waals surface area contributed by atoms with E-state index in [-0.39, 0.29) is 29.6 Å². The van der Waals surface area contributed by atoms with Crippen LogP contribution in [0.25, 0.3) is 6.08 Å². The number of rotatable bonds is 8. The van der Waals surface area contributed by atoms with Gasteiger partial charge < -0.3 is 19.5 Å². The van der Waals surface area contributed by atoms with Gasteiger partial charge in [-0.1, -0.05) is 50.2 Å². The molecule has 2 saturated carbocycles. The number of methoxy groups -OCH3 is 1. The molecule has 1 spiro atoms. The maximum Gasteiger partial charge on any atom is 0.246 e. The summed E-state index contributed by atoms with van der Waals surface area (Å²) in [6.45, 7) is 7.10. The summed E-state index contributed by atoms with van der Waals surface area (Å²) in [4.78, 5) is 18.7. The Labute approximate surface area is 238 Å². The summed E-state index contributed by atoms with van der Waals surface area (Å²) in [6.07, 6.45) is 8.49. The molecule has 5 aliphatic rings. The SMILES string of the molecule is COc1ccc2c3c1O[C@H]1[C@@H](N(CC(C)C)C(=O)C=Cc4ccccc4)CC[C@H]4[C@@H](C2)N(CC2CC2O)CC[C@@]341. The average molecular weight is 543 g/mol. The predicted octanol–water partition coefficient (Wildman–Crippen LogP) is 4.68. The minimum atomic E-state index is -0.125. The van der Waals surface area contributed by atoms with Gasteiger partial charge in [-0.3, -0.25) is 9.69 Å². The zero-order valence-corrected chi connectivity index (χ0v) is 24.0. The molecule has 1 N–H and O–H groups in total. The van der Waals surface area contributed by atoms with Crippen molar-refractivity contribution in [3.8, 4) is 11.5 Å². The first-order chi connectivity index (χ1) is 19.4. The van der Waals surface area contributed by atoms with E-state index in [0.717, 1.165) is 62.3 Å². The molecule has 40 heavy (non-hydrogen) atoms. The summed E-state index contributed by atoms with van der Waals surface area (Å²) >= 11 is 0. The molecule has 2 aromatic rings. The Morgan fingerprint density at radius 1 is 1.23 bits per heavy atom. The van der Waals surface area contributed by atoms with E-state index < -0.39 is 0 Å². The van der Waals surface area contributed by atoms with Gasteiger partial charge in [0, 0.05) is 42.1 Å². The molecule has 1 amide bonds. The van der Waals surface area contributed by atoms with Crippen LogP contribution in [0.1, 0.15) is 56.2 Å². The van der Waals surface area contributed by atoms with Crippen LogP contribution in [0.2, 0.25) is 0 Å². The number of hydrogen-bond acceptors (Lipinski definition) is 5. The molecule has 1 saturated heterocycles. The summed E-state index contributed by atoms with van der Waals surface area (Å²) in [5.41, 5.74) is 3.67. The number of amides is 1. The molecule has 2 aromatic carbocycles. The van der Waals surface area contributed by atoms with Gasteiger partial charge in [-0.05, 0) is 73.8 Å². The van der Waals surface area contributed by atoms with Gasteiger partial charge in [-0.25, -0.2) is 0 Å². The van der Waals surface area contributed by atoms with Gasteiger partial charge in [0.05, 0.1) is 19.3 Å². The fraction of sp³-hybridized carbons (Fsp3) is 0.559. The van der Waals surface area contributed by atoms with Crippen LogP contribution in [0.4, 0.5) is 0 Å². The number of likely N-dealkylation sites (tertiary alicyclic amines) is 1. The van der Waals surface area contributed by atoms with E-state index in [1.54, 1.807) is 13.2 Å². The molecule has 0 radical (unpaired) electrons. The monoisotopic (exact) mass is 542 g/mol. The third kappa shape index (κ3) is 4.09. The quantitative estimate of drug-likeness (QED) is 0.491. The van der Waals surface area contributed by atoms with Crippen LogP contribution >= 0.6 is 0 Å². The highest BCUT2D eigenvalue weighted by molar-refractivity contribution is 5.92.